The number of sulfone groups is 1. The first-order chi connectivity index (χ1) is 22.4. The molecule has 0 radical (unpaired) electrons. The van der Waals surface area contributed by atoms with Crippen molar-refractivity contribution >= 4 is 49.4 Å². The molecule has 2 heterocycles. The second kappa shape index (κ2) is 14.6. The van der Waals surface area contributed by atoms with Gasteiger partial charge in [-0.25, -0.2) is 30.7 Å². The molecule has 0 aliphatic carbocycles. The van der Waals surface area contributed by atoms with Crippen molar-refractivity contribution in [2.75, 3.05) is 36.5 Å². The number of rotatable bonds is 9. The molecule has 0 bridgehead atoms. The van der Waals surface area contributed by atoms with Gasteiger partial charge in [0.1, 0.15) is 17.7 Å². The number of ether oxygens (including phenoxy) is 1. The number of carbonyl (C=O) groups excluding carboxylic acids is 3. The highest BCUT2D eigenvalue weighted by Crippen LogP contribution is 2.25. The number of amides is 3. The van der Waals surface area contributed by atoms with E-state index in [1.165, 1.54) is 48.5 Å². The lowest BCUT2D eigenvalue weighted by Crippen LogP contribution is -2.59. The Bertz CT molecular complexity index is 1730. The number of anilines is 1. The molecule has 48 heavy (non-hydrogen) atoms. The van der Waals surface area contributed by atoms with Gasteiger partial charge in [0.05, 0.1) is 16.4 Å². The predicted octanol–water partition coefficient (Wildman–Crippen LogP) is 2.18. The summed E-state index contributed by atoms with van der Waals surface area (Å²) in [4.78, 5) is 52.9. The molecule has 4 rings (SSSR count). The smallest absolute Gasteiger partial charge is 0.410 e. The summed E-state index contributed by atoms with van der Waals surface area (Å²) in [5.74, 6) is -4.29. The Labute approximate surface area is 280 Å². The van der Waals surface area contributed by atoms with Gasteiger partial charge < -0.3 is 25.4 Å². The quantitative estimate of drug-likeness (QED) is 0.346. The Balaban J connectivity index is 1.50. The van der Waals surface area contributed by atoms with Gasteiger partial charge in [0.2, 0.25) is 5.91 Å². The van der Waals surface area contributed by atoms with Gasteiger partial charge in [0.15, 0.2) is 9.84 Å². The first kappa shape index (κ1) is 36.8. The van der Waals surface area contributed by atoms with Crippen molar-refractivity contribution in [1.82, 2.24) is 14.5 Å². The number of carboxylic acids is 1. The van der Waals surface area contributed by atoms with Crippen molar-refractivity contribution in [2.24, 2.45) is 5.92 Å². The normalized spacial score (nSPS) is 19.2. The maximum atomic E-state index is 13.9. The zero-order chi connectivity index (χ0) is 35.4. The first-order valence-corrected chi connectivity index (χ1v) is 18.8. The van der Waals surface area contributed by atoms with Gasteiger partial charge in [-0.3, -0.25) is 9.59 Å². The lowest BCUT2D eigenvalue weighted by atomic mass is 9.96. The van der Waals surface area contributed by atoms with E-state index < -0.39 is 67.7 Å². The molecule has 262 valence electrons. The highest BCUT2D eigenvalue weighted by molar-refractivity contribution is 7.91. The minimum Gasteiger partial charge on any atom is -0.480 e. The van der Waals surface area contributed by atoms with Crippen molar-refractivity contribution in [3.63, 3.8) is 0 Å². The Morgan fingerprint density at radius 3 is 2.19 bits per heavy atom. The van der Waals surface area contributed by atoms with Crippen molar-refractivity contribution < 1.29 is 45.9 Å². The van der Waals surface area contributed by atoms with E-state index in [2.05, 4.69) is 10.6 Å². The number of likely N-dealkylation sites (tertiary alicyclic amines) is 1. The van der Waals surface area contributed by atoms with Crippen molar-refractivity contribution in [3.05, 3.63) is 59.7 Å². The topological polar surface area (TPSA) is 197 Å². The number of hydrogen-bond donors (Lipinski definition) is 3. The number of hydrogen-bond acceptors (Lipinski definition) is 10. The molecule has 2 atom stereocenters. The van der Waals surface area contributed by atoms with E-state index in [4.69, 9.17) is 4.74 Å². The molecule has 3 N–H and O–H groups in total. The van der Waals surface area contributed by atoms with Gasteiger partial charge in [-0.1, -0.05) is 29.8 Å². The second-order valence-electron chi connectivity index (χ2n) is 13.1. The maximum Gasteiger partial charge on any atom is 0.410 e. The van der Waals surface area contributed by atoms with Crippen LogP contribution < -0.4 is 10.6 Å². The molecule has 2 fully saturated rings. The van der Waals surface area contributed by atoms with Gasteiger partial charge in [0.25, 0.3) is 15.9 Å². The summed E-state index contributed by atoms with van der Waals surface area (Å²) in [5, 5.41) is 15.8. The number of aryl methyl sites for hydroxylation is 1. The summed E-state index contributed by atoms with van der Waals surface area (Å²) in [6.45, 7) is 7.72. The maximum absolute atomic E-state index is 13.9. The third-order valence-electron chi connectivity index (χ3n) is 8.05. The van der Waals surface area contributed by atoms with Crippen LogP contribution in [0.1, 0.15) is 44.7 Å². The number of carboxylic acid groups (broad SMARTS) is 1. The molecule has 0 saturated carbocycles. The number of nitrogens with zero attached hydrogens (tertiary/aromatic N) is 2. The number of piperidine rings is 1. The van der Waals surface area contributed by atoms with Crippen molar-refractivity contribution in [2.45, 2.75) is 69.5 Å². The number of carbonyl (C=O) groups is 4. The molecule has 0 spiro atoms. The molecular weight excluding hydrogens is 665 g/mol. The molecule has 14 nitrogen and oxygen atoms in total. The minimum absolute atomic E-state index is 0.0923. The SMILES string of the molecule is Cc1ccc(S(=O)(=O)N(C(=O)C2CS(=O)(=O)CCN2)[C@@H](Cc2ccc(NC(=O)C3CCN(C(=O)OC(C)(C)C)CC3)cc2)C(=O)O)cc1. The zero-order valence-corrected chi connectivity index (χ0v) is 29.0. The standard InChI is InChI=1S/C32H42N4O10S2/c1-21-5-11-25(12-6-21)48(44,45)36(29(38)26-20-47(42,43)18-15-33-26)27(30(39)40)19-22-7-9-24(10-8-22)34-28(37)23-13-16-35(17-14-23)31(41)46-32(2,3)4/h5-12,23,26-27,33H,13-20H2,1-4H3,(H,34,37)(H,39,40)/t26?,27-/m0/s1. The molecule has 2 aromatic rings. The third-order valence-corrected chi connectivity index (χ3v) is 11.5. The highest BCUT2D eigenvalue weighted by Gasteiger charge is 2.44. The molecular formula is C32H42N4O10S2. The van der Waals surface area contributed by atoms with Gasteiger partial charge >= 0.3 is 12.1 Å². The van der Waals surface area contributed by atoms with Crippen LogP contribution in [0.2, 0.25) is 0 Å². The number of aliphatic carboxylic acids is 1. The van der Waals surface area contributed by atoms with Crippen LogP contribution in [-0.2, 0) is 45.4 Å². The number of nitrogens with one attached hydrogen (secondary N) is 2. The van der Waals surface area contributed by atoms with Crippen LogP contribution in [0.25, 0.3) is 0 Å². The fourth-order valence-corrected chi connectivity index (χ4v) is 8.41. The third kappa shape index (κ3) is 9.32. The molecule has 2 aromatic carbocycles. The van der Waals surface area contributed by atoms with E-state index in [9.17, 15) is 41.1 Å². The van der Waals surface area contributed by atoms with Crippen LogP contribution in [-0.4, -0.2) is 104 Å². The summed E-state index contributed by atoms with van der Waals surface area (Å²) < 4.78 is 58.0. The summed E-state index contributed by atoms with van der Waals surface area (Å²) in [7, 11) is -8.42. The summed E-state index contributed by atoms with van der Waals surface area (Å²) >= 11 is 0. The largest absolute Gasteiger partial charge is 0.480 e. The van der Waals surface area contributed by atoms with Gasteiger partial charge in [-0.2, -0.15) is 0 Å². The average Bonchev–Trinajstić information content (AvgIpc) is 3.00. The van der Waals surface area contributed by atoms with E-state index in [0.29, 0.717) is 37.2 Å². The van der Waals surface area contributed by atoms with Gasteiger partial charge in [0, 0.05) is 37.7 Å². The van der Waals surface area contributed by atoms with E-state index >= 15 is 0 Å². The summed E-state index contributed by atoms with van der Waals surface area (Å²) in [6, 6.07) is 8.27. The number of sulfonamides is 1. The van der Waals surface area contributed by atoms with E-state index in [-0.39, 0.29) is 33.3 Å². The fourth-order valence-electron chi connectivity index (χ4n) is 5.47. The monoisotopic (exact) mass is 706 g/mol. The van der Waals surface area contributed by atoms with Crippen LogP contribution in [0.15, 0.2) is 53.4 Å². The van der Waals surface area contributed by atoms with Crippen LogP contribution in [0.5, 0.6) is 0 Å². The lowest BCUT2D eigenvalue weighted by molar-refractivity contribution is -0.146. The van der Waals surface area contributed by atoms with Crippen LogP contribution in [0, 0.1) is 12.8 Å². The Hall–Kier alpha value is -4.02. The molecule has 2 aliphatic rings. The van der Waals surface area contributed by atoms with Gasteiger partial charge in [-0.05, 0) is 70.4 Å². The molecule has 1 unspecified atom stereocenters. The van der Waals surface area contributed by atoms with Crippen LogP contribution in [0.3, 0.4) is 0 Å². The number of benzene rings is 2. The fraction of sp³-hybridized carbons (Fsp3) is 0.500. The van der Waals surface area contributed by atoms with E-state index in [1.807, 2.05) is 0 Å². The minimum atomic E-state index is -4.74. The second-order valence-corrected chi connectivity index (χ2v) is 17.1. The Kier molecular flexibility index (Phi) is 11.2. The summed E-state index contributed by atoms with van der Waals surface area (Å²) in [5.41, 5.74) is 0.885. The lowest BCUT2D eigenvalue weighted by Gasteiger charge is -2.33. The highest BCUT2D eigenvalue weighted by atomic mass is 32.2. The Morgan fingerprint density at radius 1 is 1.04 bits per heavy atom. The van der Waals surface area contributed by atoms with E-state index in [1.54, 1.807) is 32.6 Å². The molecule has 3 amide bonds. The molecule has 2 aliphatic heterocycles. The van der Waals surface area contributed by atoms with Crippen LogP contribution >= 0.6 is 0 Å². The average molecular weight is 707 g/mol. The van der Waals surface area contributed by atoms with E-state index in [0.717, 1.165) is 5.56 Å². The molecule has 0 aromatic heterocycles. The Morgan fingerprint density at radius 2 is 1.65 bits per heavy atom. The molecule has 2 saturated heterocycles. The summed E-state index contributed by atoms with van der Waals surface area (Å²) in [6.07, 6.45) is 0.0339. The zero-order valence-electron chi connectivity index (χ0n) is 27.3. The van der Waals surface area contributed by atoms with Crippen molar-refractivity contribution in [3.8, 4) is 0 Å². The first-order valence-electron chi connectivity index (χ1n) is 15.6. The van der Waals surface area contributed by atoms with Crippen LogP contribution in [0.4, 0.5) is 10.5 Å². The molecule has 16 heteroatoms. The van der Waals surface area contributed by atoms with Crippen molar-refractivity contribution in [1.29, 1.82) is 0 Å². The van der Waals surface area contributed by atoms with Gasteiger partial charge in [-0.15, -0.1) is 0 Å². The predicted molar refractivity (Wildman–Crippen MR) is 176 cm³/mol.